The monoisotopic (exact) mass is 241 g/mol. The van der Waals surface area contributed by atoms with E-state index >= 15 is 0 Å². The first kappa shape index (κ1) is 10.3. The molecule has 2 nitrogen and oxygen atoms in total. The number of benzene rings is 1. The lowest BCUT2D eigenvalue weighted by Gasteiger charge is -2.10. The van der Waals surface area contributed by atoms with Crippen molar-refractivity contribution in [2.45, 2.75) is 6.92 Å². The molecule has 3 heteroatoms. The summed E-state index contributed by atoms with van der Waals surface area (Å²) in [4.78, 5) is 13.1. The number of carbonyl (C=O) groups is 1. The van der Waals surface area contributed by atoms with Gasteiger partial charge in [-0.25, -0.2) is 0 Å². The molecule has 1 rings (SSSR count). The molecule has 0 aromatic heterocycles. The molecule has 70 valence electrons. The third-order valence-electron chi connectivity index (χ3n) is 1.82. The van der Waals surface area contributed by atoms with E-state index in [9.17, 15) is 4.79 Å². The van der Waals surface area contributed by atoms with Crippen LogP contribution in [0.3, 0.4) is 0 Å². The molecule has 0 bridgehead atoms. The van der Waals surface area contributed by atoms with Crippen LogP contribution < -0.4 is 0 Å². The first-order valence-corrected chi connectivity index (χ1v) is 4.79. The van der Waals surface area contributed by atoms with E-state index in [0.717, 1.165) is 10.0 Å². The van der Waals surface area contributed by atoms with Crippen LogP contribution in [-0.2, 0) is 0 Å². The molecule has 0 fully saturated rings. The van der Waals surface area contributed by atoms with Crippen LogP contribution in [0.4, 0.5) is 0 Å². The van der Waals surface area contributed by atoms with Gasteiger partial charge < -0.3 is 4.90 Å². The third-order valence-corrected chi connectivity index (χ3v) is 2.68. The minimum atomic E-state index is 0.0284. The summed E-state index contributed by atoms with van der Waals surface area (Å²) in [7, 11) is 3.49. The molecule has 0 saturated heterocycles. The zero-order valence-electron chi connectivity index (χ0n) is 7.97. The predicted octanol–water partition coefficient (Wildman–Crippen LogP) is 2.46. The van der Waals surface area contributed by atoms with E-state index in [1.165, 1.54) is 0 Å². The van der Waals surface area contributed by atoms with Gasteiger partial charge in [0.05, 0.1) is 0 Å². The molecule has 0 heterocycles. The lowest BCUT2D eigenvalue weighted by molar-refractivity contribution is 0.0827. The molecule has 0 unspecified atom stereocenters. The number of halogens is 1. The molecule has 1 amide bonds. The summed E-state index contributed by atoms with van der Waals surface area (Å²) < 4.78 is 0.972. The quantitative estimate of drug-likeness (QED) is 0.740. The van der Waals surface area contributed by atoms with E-state index in [1.54, 1.807) is 19.0 Å². The van der Waals surface area contributed by atoms with Gasteiger partial charge in [0, 0.05) is 24.1 Å². The summed E-state index contributed by atoms with van der Waals surface area (Å²) in [5, 5.41) is 0. The first-order chi connectivity index (χ1) is 6.02. The summed E-state index contributed by atoms with van der Waals surface area (Å²) in [6, 6.07) is 5.61. The number of hydrogen-bond acceptors (Lipinski definition) is 1. The fraction of sp³-hybridized carbons (Fsp3) is 0.300. The Kier molecular flexibility index (Phi) is 3.09. The SMILES string of the molecule is Cc1ccc(C(=O)N(C)C)cc1Br. The van der Waals surface area contributed by atoms with Crippen LogP contribution in [-0.4, -0.2) is 24.9 Å². The second-order valence-corrected chi connectivity index (χ2v) is 4.02. The Morgan fingerprint density at radius 2 is 2.00 bits per heavy atom. The number of carbonyl (C=O) groups excluding carboxylic acids is 1. The molecule has 0 aliphatic carbocycles. The highest BCUT2D eigenvalue weighted by molar-refractivity contribution is 9.10. The van der Waals surface area contributed by atoms with Crippen molar-refractivity contribution in [1.82, 2.24) is 4.90 Å². The lowest BCUT2D eigenvalue weighted by atomic mass is 10.1. The van der Waals surface area contributed by atoms with Crippen LogP contribution in [0.2, 0.25) is 0 Å². The van der Waals surface area contributed by atoms with Gasteiger partial charge in [0.25, 0.3) is 5.91 Å². The van der Waals surface area contributed by atoms with Gasteiger partial charge in [-0.1, -0.05) is 22.0 Å². The topological polar surface area (TPSA) is 20.3 Å². The molecular weight excluding hydrogens is 230 g/mol. The van der Waals surface area contributed by atoms with E-state index in [2.05, 4.69) is 15.9 Å². The minimum Gasteiger partial charge on any atom is -0.345 e. The summed E-state index contributed by atoms with van der Waals surface area (Å²) >= 11 is 3.39. The van der Waals surface area contributed by atoms with Gasteiger partial charge in [-0.3, -0.25) is 4.79 Å². The number of aryl methyl sites for hydroxylation is 1. The Morgan fingerprint density at radius 1 is 1.38 bits per heavy atom. The Balaban J connectivity index is 3.04. The van der Waals surface area contributed by atoms with Crippen molar-refractivity contribution in [3.63, 3.8) is 0 Å². The smallest absolute Gasteiger partial charge is 0.253 e. The number of rotatable bonds is 1. The van der Waals surface area contributed by atoms with Crippen molar-refractivity contribution in [2.24, 2.45) is 0 Å². The number of hydrogen-bond donors (Lipinski definition) is 0. The molecule has 0 atom stereocenters. The fourth-order valence-corrected chi connectivity index (χ4v) is 1.36. The normalized spacial score (nSPS) is 9.85. The fourth-order valence-electron chi connectivity index (χ4n) is 0.984. The molecule has 0 radical (unpaired) electrons. The molecule has 0 aliphatic rings. The zero-order chi connectivity index (χ0) is 10.0. The van der Waals surface area contributed by atoms with E-state index in [-0.39, 0.29) is 5.91 Å². The summed E-state index contributed by atoms with van der Waals surface area (Å²) in [6.45, 7) is 1.99. The Morgan fingerprint density at radius 3 is 2.46 bits per heavy atom. The van der Waals surface area contributed by atoms with Gasteiger partial charge in [0.2, 0.25) is 0 Å². The maximum atomic E-state index is 11.5. The maximum Gasteiger partial charge on any atom is 0.253 e. The number of amides is 1. The van der Waals surface area contributed by atoms with Crippen molar-refractivity contribution < 1.29 is 4.79 Å². The molecule has 0 N–H and O–H groups in total. The summed E-state index contributed by atoms with van der Waals surface area (Å²) in [5.41, 5.74) is 1.85. The molecule has 0 aliphatic heterocycles. The zero-order valence-corrected chi connectivity index (χ0v) is 9.55. The summed E-state index contributed by atoms with van der Waals surface area (Å²) in [5.74, 6) is 0.0284. The van der Waals surface area contributed by atoms with Gasteiger partial charge in [0.1, 0.15) is 0 Å². The molecule has 13 heavy (non-hydrogen) atoms. The van der Waals surface area contributed by atoms with Crippen molar-refractivity contribution in [3.05, 3.63) is 33.8 Å². The maximum absolute atomic E-state index is 11.5. The molecule has 1 aromatic rings. The van der Waals surface area contributed by atoms with E-state index in [4.69, 9.17) is 0 Å². The Hall–Kier alpha value is -0.830. The van der Waals surface area contributed by atoms with E-state index in [1.807, 2.05) is 25.1 Å². The van der Waals surface area contributed by atoms with Crippen LogP contribution in [0.25, 0.3) is 0 Å². The Labute approximate surface area is 86.7 Å². The molecule has 1 aromatic carbocycles. The van der Waals surface area contributed by atoms with Crippen LogP contribution >= 0.6 is 15.9 Å². The molecular formula is C10H12BrNO. The van der Waals surface area contributed by atoms with Gasteiger partial charge in [-0.15, -0.1) is 0 Å². The Bertz CT molecular complexity index is 334. The standard InChI is InChI=1S/C10H12BrNO/c1-7-4-5-8(6-9(7)11)10(13)12(2)3/h4-6H,1-3H3. The second kappa shape index (κ2) is 3.92. The average molecular weight is 242 g/mol. The number of nitrogens with zero attached hydrogens (tertiary/aromatic N) is 1. The van der Waals surface area contributed by atoms with Crippen LogP contribution in [0.15, 0.2) is 22.7 Å². The van der Waals surface area contributed by atoms with Crippen LogP contribution in [0.1, 0.15) is 15.9 Å². The predicted molar refractivity (Wildman–Crippen MR) is 56.9 cm³/mol. The highest BCUT2D eigenvalue weighted by atomic mass is 79.9. The lowest BCUT2D eigenvalue weighted by Crippen LogP contribution is -2.21. The first-order valence-electron chi connectivity index (χ1n) is 4.00. The van der Waals surface area contributed by atoms with Crippen molar-refractivity contribution in [2.75, 3.05) is 14.1 Å². The van der Waals surface area contributed by atoms with Crippen molar-refractivity contribution in [3.8, 4) is 0 Å². The average Bonchev–Trinajstić information content (AvgIpc) is 2.08. The minimum absolute atomic E-state index is 0.0284. The van der Waals surface area contributed by atoms with Gasteiger partial charge in [-0.2, -0.15) is 0 Å². The van der Waals surface area contributed by atoms with Crippen LogP contribution in [0, 0.1) is 6.92 Å². The van der Waals surface area contributed by atoms with Crippen LogP contribution in [0.5, 0.6) is 0 Å². The molecule has 0 spiro atoms. The van der Waals surface area contributed by atoms with Gasteiger partial charge in [-0.05, 0) is 24.6 Å². The summed E-state index contributed by atoms with van der Waals surface area (Å²) in [6.07, 6.45) is 0. The van der Waals surface area contributed by atoms with Gasteiger partial charge >= 0.3 is 0 Å². The van der Waals surface area contributed by atoms with Crippen molar-refractivity contribution >= 4 is 21.8 Å². The highest BCUT2D eigenvalue weighted by Gasteiger charge is 2.08. The van der Waals surface area contributed by atoms with Gasteiger partial charge in [0.15, 0.2) is 0 Å². The molecule has 0 saturated carbocycles. The van der Waals surface area contributed by atoms with Crippen molar-refractivity contribution in [1.29, 1.82) is 0 Å². The van der Waals surface area contributed by atoms with E-state index in [0.29, 0.717) is 5.56 Å². The van der Waals surface area contributed by atoms with E-state index < -0.39 is 0 Å². The third kappa shape index (κ3) is 2.31. The second-order valence-electron chi connectivity index (χ2n) is 3.16. The largest absolute Gasteiger partial charge is 0.345 e. The highest BCUT2D eigenvalue weighted by Crippen LogP contribution is 2.17.